The number of pyridine rings is 1. The van der Waals surface area contributed by atoms with Gasteiger partial charge in [0.15, 0.2) is 17.3 Å². The molecule has 1 atom stereocenters. The van der Waals surface area contributed by atoms with E-state index in [2.05, 4.69) is 25.3 Å². The van der Waals surface area contributed by atoms with Gasteiger partial charge in [-0.3, -0.25) is 10.0 Å². The Balaban J connectivity index is 1.80. The first-order valence-electron chi connectivity index (χ1n) is 9.11. The van der Waals surface area contributed by atoms with E-state index < -0.39 is 28.0 Å². The Kier molecular flexibility index (Phi) is 6.20. The van der Waals surface area contributed by atoms with Crippen molar-refractivity contribution in [3.05, 3.63) is 53.5 Å². The van der Waals surface area contributed by atoms with E-state index in [9.17, 15) is 17.6 Å². The Bertz CT molecular complexity index is 1230. The molecule has 12 heteroatoms. The molecule has 0 fully saturated rings. The van der Waals surface area contributed by atoms with Crippen molar-refractivity contribution < 1.29 is 22.3 Å². The third-order valence-electron chi connectivity index (χ3n) is 4.21. The maximum absolute atomic E-state index is 14.6. The van der Waals surface area contributed by atoms with Gasteiger partial charge in [0.1, 0.15) is 11.8 Å². The van der Waals surface area contributed by atoms with Gasteiger partial charge in [0.2, 0.25) is 10.0 Å². The van der Waals surface area contributed by atoms with Gasteiger partial charge in [-0.05, 0) is 19.4 Å². The molecule has 1 amide bonds. The van der Waals surface area contributed by atoms with E-state index in [4.69, 9.17) is 4.74 Å². The van der Waals surface area contributed by atoms with Gasteiger partial charge in [-0.2, -0.15) is 0 Å². The number of aryl methyl sites for hydroxylation is 2. The molecular formula is C19H21FN6O4S. The predicted molar refractivity (Wildman–Crippen MR) is 112 cm³/mol. The zero-order valence-electron chi connectivity index (χ0n) is 17.2. The Morgan fingerprint density at radius 2 is 2.00 bits per heavy atom. The van der Waals surface area contributed by atoms with E-state index >= 15 is 0 Å². The summed E-state index contributed by atoms with van der Waals surface area (Å²) in [6.07, 6.45) is 0.764. The molecule has 0 saturated carbocycles. The van der Waals surface area contributed by atoms with Gasteiger partial charge in [0.25, 0.3) is 0 Å². The Morgan fingerprint density at radius 1 is 1.26 bits per heavy atom. The zero-order valence-corrected chi connectivity index (χ0v) is 18.1. The molecule has 0 radical (unpaired) electrons. The third-order valence-corrected chi connectivity index (χ3v) is 4.82. The smallest absolute Gasteiger partial charge is 0.413 e. The lowest BCUT2D eigenvalue weighted by molar-refractivity contribution is 0.121. The Hall–Kier alpha value is -3.54. The van der Waals surface area contributed by atoms with Crippen LogP contribution in [0.1, 0.15) is 24.2 Å². The molecule has 3 rings (SSSR count). The normalized spacial score (nSPS) is 12.3. The van der Waals surface area contributed by atoms with Crippen LogP contribution >= 0.6 is 0 Å². The maximum Gasteiger partial charge on any atom is 0.413 e. The molecule has 31 heavy (non-hydrogen) atoms. The number of anilines is 2. The number of aromatic nitrogens is 4. The highest BCUT2D eigenvalue weighted by Crippen LogP contribution is 2.28. The first kappa shape index (κ1) is 22.2. The molecule has 2 N–H and O–H groups in total. The Morgan fingerprint density at radius 3 is 2.65 bits per heavy atom. The number of rotatable bonds is 6. The number of nitrogens with one attached hydrogen (secondary N) is 2. The van der Waals surface area contributed by atoms with E-state index in [-0.39, 0.29) is 22.9 Å². The van der Waals surface area contributed by atoms with Crippen LogP contribution in [0.2, 0.25) is 0 Å². The average Bonchev–Trinajstić information content (AvgIpc) is 3.01. The summed E-state index contributed by atoms with van der Waals surface area (Å²) in [5.41, 5.74) is 1.55. The summed E-state index contributed by atoms with van der Waals surface area (Å²) in [5, 5.41) is 10.2. The van der Waals surface area contributed by atoms with Gasteiger partial charge in [0.05, 0.1) is 18.1 Å². The second kappa shape index (κ2) is 8.68. The minimum atomic E-state index is -3.59. The van der Waals surface area contributed by atoms with Crippen molar-refractivity contribution in [1.29, 1.82) is 0 Å². The van der Waals surface area contributed by atoms with Crippen molar-refractivity contribution in [3.63, 3.8) is 0 Å². The van der Waals surface area contributed by atoms with E-state index in [0.717, 1.165) is 29.6 Å². The predicted octanol–water partition coefficient (Wildman–Crippen LogP) is 3.01. The van der Waals surface area contributed by atoms with E-state index in [1.807, 2.05) is 31.2 Å². The van der Waals surface area contributed by atoms with E-state index in [1.54, 1.807) is 6.92 Å². The van der Waals surface area contributed by atoms with Crippen molar-refractivity contribution >= 4 is 27.6 Å². The van der Waals surface area contributed by atoms with Crippen molar-refractivity contribution in [2.45, 2.75) is 20.0 Å². The second-order valence-electron chi connectivity index (χ2n) is 6.93. The van der Waals surface area contributed by atoms with Crippen LogP contribution in [0.5, 0.6) is 0 Å². The van der Waals surface area contributed by atoms with Gasteiger partial charge in [-0.1, -0.05) is 35.0 Å². The molecule has 10 nitrogen and oxygen atoms in total. The van der Waals surface area contributed by atoms with Gasteiger partial charge in [-0.15, -0.1) is 5.10 Å². The molecule has 0 spiro atoms. The highest BCUT2D eigenvalue weighted by Gasteiger charge is 2.22. The lowest BCUT2D eigenvalue weighted by Gasteiger charge is -2.15. The molecule has 0 aliphatic rings. The first-order chi connectivity index (χ1) is 14.5. The molecule has 2 heterocycles. The highest BCUT2D eigenvalue weighted by atomic mass is 32.2. The molecule has 0 unspecified atom stereocenters. The van der Waals surface area contributed by atoms with E-state index in [0.29, 0.717) is 0 Å². The van der Waals surface area contributed by atoms with Gasteiger partial charge in [0, 0.05) is 13.1 Å². The minimum absolute atomic E-state index is 0.0361. The van der Waals surface area contributed by atoms with Crippen molar-refractivity contribution in [1.82, 2.24) is 20.0 Å². The molecule has 1 aromatic carbocycles. The van der Waals surface area contributed by atoms with Crippen LogP contribution in [0.15, 0.2) is 36.5 Å². The number of ether oxygens (including phenoxy) is 1. The molecule has 2 aromatic heterocycles. The highest BCUT2D eigenvalue weighted by molar-refractivity contribution is 7.92. The fraction of sp³-hybridized carbons (Fsp3) is 0.263. The van der Waals surface area contributed by atoms with Crippen molar-refractivity contribution in [3.8, 4) is 11.4 Å². The summed E-state index contributed by atoms with van der Waals surface area (Å²) >= 11 is 0. The molecular weight excluding hydrogens is 427 g/mol. The average molecular weight is 448 g/mol. The number of carbonyl (C=O) groups is 1. The summed E-state index contributed by atoms with van der Waals surface area (Å²) in [6.45, 7) is 3.66. The molecule has 0 saturated heterocycles. The standard InChI is InChI=1S/C19H21FN6O4S/c1-11-6-5-7-13(8-11)12(2)30-19(27)22-18-17(23-25-26(18)3)16-15(20)9-14(10-21-16)24-31(4,28)29/h5-10,12,24H,1-4H3,(H,22,27)/t12-/m1/s1. The van der Waals surface area contributed by atoms with Crippen molar-refractivity contribution in [2.75, 3.05) is 16.3 Å². The van der Waals surface area contributed by atoms with Crippen LogP contribution in [0, 0.1) is 12.7 Å². The number of carbonyl (C=O) groups excluding carboxylic acids is 1. The van der Waals surface area contributed by atoms with Crippen LogP contribution in [0.3, 0.4) is 0 Å². The summed E-state index contributed by atoms with van der Waals surface area (Å²) in [4.78, 5) is 16.3. The number of nitrogens with zero attached hydrogens (tertiary/aromatic N) is 4. The van der Waals surface area contributed by atoms with Crippen LogP contribution in [0.25, 0.3) is 11.4 Å². The van der Waals surface area contributed by atoms with Gasteiger partial charge < -0.3 is 4.74 Å². The van der Waals surface area contributed by atoms with Crippen LogP contribution in [0.4, 0.5) is 20.7 Å². The third kappa shape index (κ3) is 5.54. The number of sulfonamides is 1. The van der Waals surface area contributed by atoms with Crippen LogP contribution in [-0.2, 0) is 21.8 Å². The molecule has 3 aromatic rings. The second-order valence-corrected chi connectivity index (χ2v) is 8.67. The summed E-state index contributed by atoms with van der Waals surface area (Å²) in [6, 6.07) is 8.50. The maximum atomic E-state index is 14.6. The van der Waals surface area contributed by atoms with Gasteiger partial charge >= 0.3 is 6.09 Å². The number of hydrogen-bond donors (Lipinski definition) is 2. The largest absolute Gasteiger partial charge is 0.441 e. The van der Waals surface area contributed by atoms with Crippen molar-refractivity contribution in [2.24, 2.45) is 7.05 Å². The summed E-state index contributed by atoms with van der Waals surface area (Å²) in [7, 11) is -2.08. The SMILES string of the molecule is Cc1cccc([C@@H](C)OC(=O)Nc2c(-c3ncc(NS(C)(=O)=O)cc3F)nnn2C)c1. The quantitative estimate of drug-likeness (QED) is 0.593. The lowest BCUT2D eigenvalue weighted by atomic mass is 10.1. The Labute approximate surface area is 178 Å². The molecule has 0 bridgehead atoms. The number of hydrogen-bond acceptors (Lipinski definition) is 7. The van der Waals surface area contributed by atoms with Crippen LogP contribution in [-0.4, -0.2) is 40.7 Å². The zero-order chi connectivity index (χ0) is 22.8. The minimum Gasteiger partial charge on any atom is -0.441 e. The number of halogens is 1. The molecule has 0 aliphatic carbocycles. The number of amides is 1. The van der Waals surface area contributed by atoms with Gasteiger partial charge in [-0.25, -0.2) is 27.3 Å². The fourth-order valence-electron chi connectivity index (χ4n) is 2.82. The topological polar surface area (TPSA) is 128 Å². The molecule has 164 valence electrons. The lowest BCUT2D eigenvalue weighted by Crippen LogP contribution is -2.18. The summed E-state index contributed by atoms with van der Waals surface area (Å²) in [5.74, 6) is -0.782. The monoisotopic (exact) mass is 448 g/mol. The number of benzene rings is 1. The summed E-state index contributed by atoms with van der Waals surface area (Å²) < 4.78 is 46.0. The van der Waals surface area contributed by atoms with Crippen LogP contribution < -0.4 is 10.0 Å². The molecule has 0 aliphatic heterocycles. The fourth-order valence-corrected chi connectivity index (χ4v) is 3.36. The first-order valence-corrected chi connectivity index (χ1v) is 11.0. The van der Waals surface area contributed by atoms with E-state index in [1.165, 1.54) is 11.7 Å².